The van der Waals surface area contributed by atoms with E-state index in [1.54, 1.807) is 43.0 Å². The van der Waals surface area contributed by atoms with Gasteiger partial charge < -0.3 is 9.80 Å². The summed E-state index contributed by atoms with van der Waals surface area (Å²) < 4.78 is 29.2. The molecular formula is C25H29Cl2N3O4S. The molecule has 2 aromatic carbocycles. The number of hydrogen-bond donors (Lipinski definition) is 0. The quantitative estimate of drug-likeness (QED) is 0.576. The first-order valence-corrected chi connectivity index (χ1v) is 13.8. The Morgan fingerprint density at radius 3 is 2.31 bits per heavy atom. The van der Waals surface area contributed by atoms with Crippen LogP contribution in [-0.2, 0) is 26.0 Å². The van der Waals surface area contributed by atoms with Crippen LogP contribution in [0.4, 0.5) is 0 Å². The van der Waals surface area contributed by atoms with Gasteiger partial charge in [0.1, 0.15) is 12.2 Å². The zero-order valence-corrected chi connectivity index (χ0v) is 22.5. The molecule has 0 aromatic heterocycles. The predicted octanol–water partition coefficient (Wildman–Crippen LogP) is 4.02. The highest BCUT2D eigenvalue weighted by Gasteiger charge is 2.51. The molecule has 7 nitrogen and oxygen atoms in total. The van der Waals surface area contributed by atoms with Crippen molar-refractivity contribution >= 4 is 45.0 Å². The topological polar surface area (TPSA) is 78.0 Å². The van der Waals surface area contributed by atoms with Crippen LogP contribution in [0.3, 0.4) is 0 Å². The number of amides is 2. The Hall–Kier alpha value is -2.13. The van der Waals surface area contributed by atoms with E-state index in [0.717, 1.165) is 5.56 Å². The molecule has 0 aliphatic carbocycles. The van der Waals surface area contributed by atoms with Crippen molar-refractivity contribution in [3.8, 4) is 0 Å². The third-order valence-electron chi connectivity index (χ3n) is 6.76. The Balaban J connectivity index is 1.78. The van der Waals surface area contributed by atoms with E-state index >= 15 is 0 Å². The molecule has 0 bridgehead atoms. The predicted molar refractivity (Wildman–Crippen MR) is 136 cm³/mol. The highest BCUT2D eigenvalue weighted by atomic mass is 35.5. The van der Waals surface area contributed by atoms with Gasteiger partial charge in [0.25, 0.3) is 0 Å². The van der Waals surface area contributed by atoms with Gasteiger partial charge in [0.2, 0.25) is 21.8 Å². The van der Waals surface area contributed by atoms with Gasteiger partial charge in [0, 0.05) is 35.5 Å². The lowest BCUT2D eigenvalue weighted by Gasteiger charge is -2.52. The summed E-state index contributed by atoms with van der Waals surface area (Å²) in [5, 5.41) is 1.07. The minimum Gasteiger partial charge on any atom is -0.335 e. The van der Waals surface area contributed by atoms with Crippen LogP contribution >= 0.6 is 23.2 Å². The van der Waals surface area contributed by atoms with E-state index in [4.69, 9.17) is 23.2 Å². The molecule has 188 valence electrons. The molecule has 2 aromatic rings. The minimum atomic E-state index is -3.97. The molecule has 2 aliphatic heterocycles. The van der Waals surface area contributed by atoms with Crippen molar-refractivity contribution < 1.29 is 18.0 Å². The molecule has 0 saturated carbocycles. The molecule has 10 heteroatoms. The number of nitrogens with zero attached hydrogens (tertiary/aromatic N) is 3. The normalized spacial score (nSPS) is 21.6. The highest BCUT2D eigenvalue weighted by Crippen LogP contribution is 2.34. The van der Waals surface area contributed by atoms with Crippen molar-refractivity contribution in [2.75, 3.05) is 13.1 Å². The van der Waals surface area contributed by atoms with Gasteiger partial charge in [-0.3, -0.25) is 9.59 Å². The van der Waals surface area contributed by atoms with Crippen LogP contribution in [0.1, 0.15) is 37.0 Å². The lowest BCUT2D eigenvalue weighted by atomic mass is 9.97. The van der Waals surface area contributed by atoms with E-state index < -0.39 is 22.2 Å². The molecular weight excluding hydrogens is 509 g/mol. The smallest absolute Gasteiger partial charge is 0.246 e. The third kappa shape index (κ3) is 4.81. The molecule has 0 N–H and O–H groups in total. The van der Waals surface area contributed by atoms with E-state index in [2.05, 4.69) is 0 Å². The van der Waals surface area contributed by atoms with Crippen molar-refractivity contribution in [1.29, 1.82) is 0 Å². The Morgan fingerprint density at radius 1 is 1.03 bits per heavy atom. The standard InChI is InChI=1S/C25H29Cl2N3O4S/c1-15(2)28-14-23-29(35(33,34)22-12-16(3)20(27)11-17(22)4)10-9-24(31)30(23)21(25(28)32)13-18-5-7-19(26)8-6-18/h5-8,11-12,15,21,23H,9-10,13-14H2,1-4H3. The zero-order valence-electron chi connectivity index (χ0n) is 20.2. The molecule has 35 heavy (non-hydrogen) atoms. The Bertz CT molecular complexity index is 1260. The highest BCUT2D eigenvalue weighted by molar-refractivity contribution is 7.89. The summed E-state index contributed by atoms with van der Waals surface area (Å²) in [6.45, 7) is 7.42. The van der Waals surface area contributed by atoms with Gasteiger partial charge in [0.15, 0.2) is 0 Å². The van der Waals surface area contributed by atoms with Crippen molar-refractivity contribution in [2.45, 2.75) is 63.7 Å². The number of halogens is 2. The fourth-order valence-corrected chi connectivity index (χ4v) is 7.07. The summed E-state index contributed by atoms with van der Waals surface area (Å²) in [6, 6.07) is 9.38. The van der Waals surface area contributed by atoms with E-state index in [0.29, 0.717) is 21.2 Å². The number of carbonyl (C=O) groups is 2. The molecule has 2 unspecified atom stereocenters. The molecule has 0 radical (unpaired) electrons. The van der Waals surface area contributed by atoms with E-state index in [1.165, 1.54) is 9.21 Å². The second-order valence-corrected chi connectivity index (χ2v) is 12.1. The van der Waals surface area contributed by atoms with Crippen molar-refractivity contribution in [3.05, 3.63) is 63.1 Å². The summed E-state index contributed by atoms with van der Waals surface area (Å²) >= 11 is 12.2. The lowest BCUT2D eigenvalue weighted by molar-refractivity contribution is -0.166. The van der Waals surface area contributed by atoms with Crippen LogP contribution in [0.2, 0.25) is 10.0 Å². The number of piperazine rings is 1. The Labute approximate surface area is 216 Å². The summed E-state index contributed by atoms with van der Waals surface area (Å²) in [4.78, 5) is 30.0. The molecule has 4 rings (SSSR count). The fraction of sp³-hybridized carbons (Fsp3) is 0.440. The summed E-state index contributed by atoms with van der Waals surface area (Å²) in [5.74, 6) is -0.404. The van der Waals surface area contributed by atoms with E-state index in [-0.39, 0.29) is 48.7 Å². The maximum Gasteiger partial charge on any atom is 0.246 e. The van der Waals surface area contributed by atoms with Crippen LogP contribution in [0.5, 0.6) is 0 Å². The zero-order chi connectivity index (χ0) is 25.7. The molecule has 2 atom stereocenters. The van der Waals surface area contributed by atoms with Crippen molar-refractivity contribution in [2.24, 2.45) is 0 Å². The molecule has 2 aliphatic rings. The summed E-state index contributed by atoms with van der Waals surface area (Å²) in [5.41, 5.74) is 2.03. The van der Waals surface area contributed by atoms with Crippen LogP contribution in [0.15, 0.2) is 41.3 Å². The first-order chi connectivity index (χ1) is 16.4. The van der Waals surface area contributed by atoms with Crippen LogP contribution in [-0.4, -0.2) is 65.7 Å². The third-order valence-corrected chi connectivity index (χ3v) is 9.46. The number of carbonyl (C=O) groups excluding carboxylic acids is 2. The number of rotatable bonds is 5. The summed E-state index contributed by atoms with van der Waals surface area (Å²) in [6.07, 6.45) is -0.518. The van der Waals surface area contributed by atoms with Crippen molar-refractivity contribution in [3.63, 3.8) is 0 Å². The Kier molecular flexibility index (Phi) is 7.21. The Morgan fingerprint density at radius 2 is 1.69 bits per heavy atom. The minimum absolute atomic E-state index is 0.00737. The second kappa shape index (κ2) is 9.73. The van der Waals surface area contributed by atoms with Gasteiger partial charge in [-0.25, -0.2) is 8.42 Å². The summed E-state index contributed by atoms with van der Waals surface area (Å²) in [7, 11) is -3.97. The SMILES string of the molecule is Cc1cc(S(=O)(=O)N2CCC(=O)N3C(Cc4ccc(Cl)cc4)C(=O)N(C(C)C)CC32)c(C)cc1Cl. The number of hydrogen-bond acceptors (Lipinski definition) is 4. The maximum absolute atomic E-state index is 13.9. The maximum atomic E-state index is 13.9. The number of aryl methyl sites for hydroxylation is 2. The molecule has 2 heterocycles. The van der Waals surface area contributed by atoms with Crippen LogP contribution < -0.4 is 0 Å². The van der Waals surface area contributed by atoms with Crippen LogP contribution in [0, 0.1) is 13.8 Å². The van der Waals surface area contributed by atoms with E-state index in [9.17, 15) is 18.0 Å². The van der Waals surface area contributed by atoms with Gasteiger partial charge >= 0.3 is 0 Å². The van der Waals surface area contributed by atoms with Gasteiger partial charge in [-0.05, 0) is 68.7 Å². The van der Waals surface area contributed by atoms with Gasteiger partial charge in [-0.2, -0.15) is 4.31 Å². The number of sulfonamides is 1. The first-order valence-electron chi connectivity index (χ1n) is 11.6. The lowest BCUT2D eigenvalue weighted by Crippen LogP contribution is -2.72. The average Bonchev–Trinajstić information content (AvgIpc) is 2.79. The first kappa shape index (κ1) is 25.9. The van der Waals surface area contributed by atoms with Gasteiger partial charge in [-0.1, -0.05) is 35.3 Å². The molecule has 2 saturated heterocycles. The van der Waals surface area contributed by atoms with E-state index in [1.807, 2.05) is 26.0 Å². The average molecular weight is 538 g/mol. The largest absolute Gasteiger partial charge is 0.335 e. The molecule has 0 spiro atoms. The monoisotopic (exact) mass is 537 g/mol. The van der Waals surface area contributed by atoms with Gasteiger partial charge in [-0.15, -0.1) is 0 Å². The molecule has 2 amide bonds. The van der Waals surface area contributed by atoms with Crippen LogP contribution in [0.25, 0.3) is 0 Å². The second-order valence-electron chi connectivity index (χ2n) is 9.45. The van der Waals surface area contributed by atoms with Gasteiger partial charge in [0.05, 0.1) is 11.4 Å². The molecule has 2 fully saturated rings. The number of fused-ring (bicyclic) bond motifs is 1. The fourth-order valence-electron chi connectivity index (χ4n) is 4.86. The van der Waals surface area contributed by atoms with Crippen molar-refractivity contribution in [1.82, 2.24) is 14.1 Å². The number of benzene rings is 2.